The third kappa shape index (κ3) is 7.98. The first-order valence-electron chi connectivity index (χ1n) is 8.78. The van der Waals surface area contributed by atoms with Crippen molar-refractivity contribution in [3.05, 3.63) is 30.1 Å². The van der Waals surface area contributed by atoms with Crippen LogP contribution in [0.2, 0.25) is 0 Å². The van der Waals surface area contributed by atoms with E-state index in [1.165, 1.54) is 0 Å². The van der Waals surface area contributed by atoms with Crippen molar-refractivity contribution in [3.8, 4) is 0 Å². The van der Waals surface area contributed by atoms with Gasteiger partial charge in [0.25, 0.3) is 0 Å². The molecule has 0 atom stereocenters. The Balaban J connectivity index is 2.54. The highest BCUT2D eigenvalue weighted by Gasteiger charge is 2.24. The van der Waals surface area contributed by atoms with Crippen LogP contribution in [0.25, 0.3) is 0 Å². The summed E-state index contributed by atoms with van der Waals surface area (Å²) in [4.78, 5) is 8.89. The summed E-state index contributed by atoms with van der Waals surface area (Å²) in [6.45, 7) is 8.24. The average molecular weight is 320 g/mol. The molecule has 0 fully saturated rings. The number of nitrogens with zero attached hydrogens (tertiary/aromatic N) is 2. The second-order valence-corrected chi connectivity index (χ2v) is 5.92. The van der Waals surface area contributed by atoms with Gasteiger partial charge in [-0.05, 0) is 31.9 Å². The highest BCUT2D eigenvalue weighted by molar-refractivity contribution is 5.79. The number of guanidine groups is 1. The quantitative estimate of drug-likeness (QED) is 0.458. The summed E-state index contributed by atoms with van der Waals surface area (Å²) in [5.41, 5.74) is 0.372. The zero-order chi connectivity index (χ0) is 17.0. The van der Waals surface area contributed by atoms with Gasteiger partial charge in [-0.1, -0.05) is 32.8 Å². The van der Waals surface area contributed by atoms with E-state index < -0.39 is 5.60 Å². The van der Waals surface area contributed by atoms with Crippen LogP contribution in [0.5, 0.6) is 0 Å². The Kier molecular flexibility index (Phi) is 9.29. The number of pyridine rings is 1. The predicted molar refractivity (Wildman–Crippen MR) is 96.7 cm³/mol. The Morgan fingerprint density at radius 1 is 1.17 bits per heavy atom. The number of rotatable bonds is 10. The molecule has 1 heterocycles. The Labute approximate surface area is 140 Å². The second-order valence-electron chi connectivity index (χ2n) is 5.92. The molecule has 0 unspecified atom stereocenters. The lowest BCUT2D eigenvalue weighted by atomic mass is 9.93. The number of nitrogens with one attached hydrogen (secondary N) is 2. The van der Waals surface area contributed by atoms with E-state index in [4.69, 9.17) is 0 Å². The molecular formula is C18H32N4O. The molecule has 1 aromatic rings. The molecule has 0 amide bonds. The average Bonchev–Trinajstić information content (AvgIpc) is 2.54. The van der Waals surface area contributed by atoms with Crippen molar-refractivity contribution in [2.24, 2.45) is 4.99 Å². The van der Waals surface area contributed by atoms with Gasteiger partial charge in [0.15, 0.2) is 5.96 Å². The molecule has 130 valence electrons. The molecule has 23 heavy (non-hydrogen) atoms. The molecule has 0 aromatic carbocycles. The first-order chi connectivity index (χ1) is 11.1. The molecule has 0 radical (unpaired) electrons. The van der Waals surface area contributed by atoms with Crippen LogP contribution in [-0.4, -0.2) is 41.3 Å². The van der Waals surface area contributed by atoms with E-state index in [1.54, 1.807) is 0 Å². The summed E-state index contributed by atoms with van der Waals surface area (Å²) in [6, 6.07) is 5.94. The summed E-state index contributed by atoms with van der Waals surface area (Å²) < 4.78 is 0. The van der Waals surface area contributed by atoms with Crippen LogP contribution < -0.4 is 10.6 Å². The maximum atomic E-state index is 10.7. The van der Waals surface area contributed by atoms with Crippen LogP contribution in [0, 0.1) is 0 Å². The molecule has 0 spiro atoms. The normalized spacial score (nSPS) is 12.3. The Morgan fingerprint density at radius 2 is 1.91 bits per heavy atom. The summed E-state index contributed by atoms with van der Waals surface area (Å²) in [7, 11) is 0. The van der Waals surface area contributed by atoms with Gasteiger partial charge in [-0.2, -0.15) is 0 Å². The van der Waals surface area contributed by atoms with E-state index in [-0.39, 0.29) is 0 Å². The zero-order valence-corrected chi connectivity index (χ0v) is 14.8. The Bertz CT molecular complexity index is 442. The molecule has 3 N–H and O–H groups in total. The summed E-state index contributed by atoms with van der Waals surface area (Å²) >= 11 is 0. The minimum Gasteiger partial charge on any atom is -0.388 e. The van der Waals surface area contributed by atoms with E-state index in [1.807, 2.05) is 31.3 Å². The van der Waals surface area contributed by atoms with Crippen LogP contribution in [-0.2, 0) is 6.42 Å². The van der Waals surface area contributed by atoms with Crippen molar-refractivity contribution in [2.75, 3.05) is 19.6 Å². The topological polar surface area (TPSA) is 69.5 Å². The molecular weight excluding hydrogens is 288 g/mol. The zero-order valence-electron chi connectivity index (χ0n) is 14.8. The lowest BCUT2D eigenvalue weighted by Gasteiger charge is -2.26. The monoisotopic (exact) mass is 320 g/mol. The van der Waals surface area contributed by atoms with Gasteiger partial charge in [0.05, 0.1) is 12.1 Å². The number of hydrogen-bond acceptors (Lipinski definition) is 3. The van der Waals surface area contributed by atoms with Gasteiger partial charge in [0, 0.05) is 31.4 Å². The Morgan fingerprint density at radius 3 is 2.48 bits per heavy atom. The lowest BCUT2D eigenvalue weighted by Crippen LogP contribution is -2.40. The molecule has 5 nitrogen and oxygen atoms in total. The van der Waals surface area contributed by atoms with E-state index in [0.717, 1.165) is 56.8 Å². The predicted octanol–water partition coefficient (Wildman–Crippen LogP) is 2.51. The van der Waals surface area contributed by atoms with Crippen molar-refractivity contribution >= 4 is 5.96 Å². The molecule has 0 saturated heterocycles. The van der Waals surface area contributed by atoms with Gasteiger partial charge in [0.2, 0.25) is 0 Å². The minimum absolute atomic E-state index is 0.438. The SMILES string of the molecule is CCCC(O)(CCC)CN=C(NCC)NCCc1ccccn1. The first kappa shape index (κ1) is 19.4. The minimum atomic E-state index is -0.688. The molecule has 0 bridgehead atoms. The van der Waals surface area contributed by atoms with E-state index in [2.05, 4.69) is 34.5 Å². The highest BCUT2D eigenvalue weighted by atomic mass is 16.3. The van der Waals surface area contributed by atoms with Crippen molar-refractivity contribution in [3.63, 3.8) is 0 Å². The maximum absolute atomic E-state index is 10.7. The van der Waals surface area contributed by atoms with Crippen molar-refractivity contribution in [1.29, 1.82) is 0 Å². The van der Waals surface area contributed by atoms with E-state index in [9.17, 15) is 5.11 Å². The smallest absolute Gasteiger partial charge is 0.191 e. The van der Waals surface area contributed by atoms with Gasteiger partial charge in [-0.3, -0.25) is 9.98 Å². The second kappa shape index (κ2) is 11.0. The van der Waals surface area contributed by atoms with Crippen molar-refractivity contribution < 1.29 is 5.11 Å². The maximum Gasteiger partial charge on any atom is 0.191 e. The van der Waals surface area contributed by atoms with Crippen molar-refractivity contribution in [2.45, 2.75) is 58.5 Å². The molecule has 0 aliphatic rings. The summed E-state index contributed by atoms with van der Waals surface area (Å²) in [6.07, 6.45) is 6.17. The standard InChI is InChI=1S/C18H32N4O/c1-4-11-18(23,12-5-2)15-22-17(19-6-3)21-14-10-16-9-7-8-13-20-16/h7-9,13,23H,4-6,10-12,14-15H2,1-3H3,(H2,19,21,22). The summed E-state index contributed by atoms with van der Waals surface area (Å²) in [5.74, 6) is 0.758. The third-order valence-electron chi connectivity index (χ3n) is 3.71. The highest BCUT2D eigenvalue weighted by Crippen LogP contribution is 2.19. The van der Waals surface area contributed by atoms with Crippen LogP contribution in [0.4, 0.5) is 0 Å². The van der Waals surface area contributed by atoms with Gasteiger partial charge in [-0.15, -0.1) is 0 Å². The van der Waals surface area contributed by atoms with Crippen LogP contribution >= 0.6 is 0 Å². The summed E-state index contributed by atoms with van der Waals surface area (Å²) in [5, 5.41) is 17.2. The lowest BCUT2D eigenvalue weighted by molar-refractivity contribution is 0.0306. The van der Waals surface area contributed by atoms with Gasteiger partial charge < -0.3 is 15.7 Å². The fraction of sp³-hybridized carbons (Fsp3) is 0.667. The number of hydrogen-bond donors (Lipinski definition) is 3. The van der Waals surface area contributed by atoms with Gasteiger partial charge >= 0.3 is 0 Å². The largest absolute Gasteiger partial charge is 0.388 e. The Hall–Kier alpha value is -1.62. The van der Waals surface area contributed by atoms with E-state index >= 15 is 0 Å². The molecule has 0 aliphatic carbocycles. The van der Waals surface area contributed by atoms with Gasteiger partial charge in [-0.25, -0.2) is 0 Å². The van der Waals surface area contributed by atoms with Crippen LogP contribution in [0.15, 0.2) is 29.4 Å². The van der Waals surface area contributed by atoms with Gasteiger partial charge in [0.1, 0.15) is 0 Å². The molecule has 0 aliphatic heterocycles. The molecule has 0 saturated carbocycles. The fourth-order valence-corrected chi connectivity index (χ4v) is 2.64. The first-order valence-corrected chi connectivity index (χ1v) is 8.78. The molecule has 5 heteroatoms. The van der Waals surface area contributed by atoms with Crippen LogP contribution in [0.1, 0.15) is 52.1 Å². The van der Waals surface area contributed by atoms with Crippen molar-refractivity contribution in [1.82, 2.24) is 15.6 Å². The number of aromatic nitrogens is 1. The molecule has 1 rings (SSSR count). The van der Waals surface area contributed by atoms with Crippen LogP contribution in [0.3, 0.4) is 0 Å². The number of aliphatic imine (C=N–C) groups is 1. The fourth-order valence-electron chi connectivity index (χ4n) is 2.64. The molecule has 1 aromatic heterocycles. The number of aliphatic hydroxyl groups is 1. The van der Waals surface area contributed by atoms with E-state index in [0.29, 0.717) is 6.54 Å². The third-order valence-corrected chi connectivity index (χ3v) is 3.71.